The first-order chi connectivity index (χ1) is 9.49. The topological polar surface area (TPSA) is 63.2 Å². The number of halogens is 2. The SMILES string of the molecule is CNc1nc(Oc2ccc(F)c(F)c2)nc(N(C)C)n1. The van der Waals surface area contributed by atoms with Crippen molar-refractivity contribution in [3.8, 4) is 11.8 Å². The van der Waals surface area contributed by atoms with Crippen LogP contribution in [0, 0.1) is 11.6 Å². The second-order valence-corrected chi connectivity index (χ2v) is 4.06. The molecule has 106 valence electrons. The van der Waals surface area contributed by atoms with Crippen molar-refractivity contribution >= 4 is 11.9 Å². The van der Waals surface area contributed by atoms with E-state index >= 15 is 0 Å². The van der Waals surface area contributed by atoms with Crippen LogP contribution in [-0.2, 0) is 0 Å². The summed E-state index contributed by atoms with van der Waals surface area (Å²) in [5.41, 5.74) is 0. The summed E-state index contributed by atoms with van der Waals surface area (Å²) in [6, 6.07) is 3.17. The second kappa shape index (κ2) is 5.64. The molecule has 0 aliphatic rings. The fourth-order valence-electron chi connectivity index (χ4n) is 1.35. The Kier molecular flexibility index (Phi) is 3.92. The van der Waals surface area contributed by atoms with Gasteiger partial charge in [-0.15, -0.1) is 0 Å². The fraction of sp³-hybridized carbons (Fsp3) is 0.250. The van der Waals surface area contributed by atoms with Crippen LogP contribution in [0.2, 0.25) is 0 Å². The molecule has 0 saturated carbocycles. The lowest BCUT2D eigenvalue weighted by molar-refractivity contribution is 0.430. The molecule has 0 spiro atoms. The Hall–Kier alpha value is -2.51. The van der Waals surface area contributed by atoms with Gasteiger partial charge in [-0.1, -0.05) is 0 Å². The maximum absolute atomic E-state index is 13.1. The van der Waals surface area contributed by atoms with E-state index < -0.39 is 11.6 Å². The van der Waals surface area contributed by atoms with Crippen LogP contribution >= 0.6 is 0 Å². The van der Waals surface area contributed by atoms with Crippen LogP contribution < -0.4 is 15.0 Å². The molecule has 20 heavy (non-hydrogen) atoms. The third-order valence-electron chi connectivity index (χ3n) is 2.33. The van der Waals surface area contributed by atoms with Gasteiger partial charge in [0, 0.05) is 27.2 Å². The Labute approximate surface area is 114 Å². The average molecular weight is 281 g/mol. The number of nitrogens with zero attached hydrogens (tertiary/aromatic N) is 4. The maximum Gasteiger partial charge on any atom is 0.328 e. The molecule has 1 aromatic carbocycles. The number of rotatable bonds is 4. The molecular weight excluding hydrogens is 268 g/mol. The van der Waals surface area contributed by atoms with E-state index in [1.807, 2.05) is 0 Å². The van der Waals surface area contributed by atoms with Gasteiger partial charge >= 0.3 is 6.01 Å². The van der Waals surface area contributed by atoms with Gasteiger partial charge in [-0.05, 0) is 12.1 Å². The monoisotopic (exact) mass is 281 g/mol. The number of aromatic nitrogens is 3. The summed E-state index contributed by atoms with van der Waals surface area (Å²) in [4.78, 5) is 13.8. The number of ether oxygens (including phenoxy) is 1. The summed E-state index contributed by atoms with van der Waals surface area (Å²) < 4.78 is 31.3. The zero-order chi connectivity index (χ0) is 14.7. The van der Waals surface area contributed by atoms with E-state index in [0.717, 1.165) is 12.1 Å². The number of benzene rings is 1. The molecule has 0 unspecified atom stereocenters. The molecule has 0 aliphatic heterocycles. The Morgan fingerprint density at radius 1 is 1.10 bits per heavy atom. The molecule has 2 rings (SSSR count). The zero-order valence-electron chi connectivity index (χ0n) is 11.2. The highest BCUT2D eigenvalue weighted by molar-refractivity contribution is 5.37. The molecule has 0 fully saturated rings. The van der Waals surface area contributed by atoms with Gasteiger partial charge in [0.2, 0.25) is 11.9 Å². The summed E-state index contributed by atoms with van der Waals surface area (Å²) in [7, 11) is 5.17. The van der Waals surface area contributed by atoms with Gasteiger partial charge < -0.3 is 15.0 Å². The summed E-state index contributed by atoms with van der Waals surface area (Å²) in [6.07, 6.45) is 0. The highest BCUT2D eigenvalue weighted by atomic mass is 19.2. The van der Waals surface area contributed by atoms with E-state index in [9.17, 15) is 8.78 Å². The van der Waals surface area contributed by atoms with Crippen LogP contribution in [0.25, 0.3) is 0 Å². The number of anilines is 2. The third-order valence-corrected chi connectivity index (χ3v) is 2.33. The molecule has 6 nitrogen and oxygen atoms in total. The van der Waals surface area contributed by atoms with Crippen molar-refractivity contribution in [1.82, 2.24) is 15.0 Å². The largest absolute Gasteiger partial charge is 0.424 e. The van der Waals surface area contributed by atoms with Gasteiger partial charge in [0.25, 0.3) is 0 Å². The van der Waals surface area contributed by atoms with E-state index in [-0.39, 0.29) is 11.8 Å². The molecule has 0 radical (unpaired) electrons. The Morgan fingerprint density at radius 3 is 2.45 bits per heavy atom. The molecule has 0 amide bonds. The molecule has 0 bridgehead atoms. The van der Waals surface area contributed by atoms with Crippen molar-refractivity contribution in [2.75, 3.05) is 31.4 Å². The number of hydrogen-bond acceptors (Lipinski definition) is 6. The first kappa shape index (κ1) is 13.9. The van der Waals surface area contributed by atoms with Crippen molar-refractivity contribution in [1.29, 1.82) is 0 Å². The highest BCUT2D eigenvalue weighted by Crippen LogP contribution is 2.22. The van der Waals surface area contributed by atoms with Crippen molar-refractivity contribution in [2.24, 2.45) is 0 Å². The lowest BCUT2D eigenvalue weighted by atomic mass is 10.3. The summed E-state index contributed by atoms with van der Waals surface area (Å²) in [5.74, 6) is -1.17. The molecule has 1 aromatic heterocycles. The van der Waals surface area contributed by atoms with Crippen LogP contribution in [0.3, 0.4) is 0 Å². The fourth-order valence-corrected chi connectivity index (χ4v) is 1.35. The van der Waals surface area contributed by atoms with E-state index in [0.29, 0.717) is 11.9 Å². The molecule has 8 heteroatoms. The van der Waals surface area contributed by atoms with Gasteiger partial charge in [0.05, 0.1) is 0 Å². The maximum atomic E-state index is 13.1. The van der Waals surface area contributed by atoms with E-state index in [4.69, 9.17) is 4.74 Å². The van der Waals surface area contributed by atoms with E-state index in [1.165, 1.54) is 6.07 Å². The van der Waals surface area contributed by atoms with E-state index in [2.05, 4.69) is 20.3 Å². The van der Waals surface area contributed by atoms with Crippen LogP contribution in [0.5, 0.6) is 11.8 Å². The molecule has 0 saturated heterocycles. The minimum atomic E-state index is -1.00. The van der Waals surface area contributed by atoms with Crippen molar-refractivity contribution < 1.29 is 13.5 Å². The van der Waals surface area contributed by atoms with Crippen LogP contribution in [0.1, 0.15) is 0 Å². The normalized spacial score (nSPS) is 10.2. The predicted octanol–water partition coefficient (Wildman–Crippen LogP) is 2.05. The minimum Gasteiger partial charge on any atom is -0.424 e. The molecule has 2 aromatic rings. The molecule has 1 heterocycles. The standard InChI is InChI=1S/C12H13F2N5O/c1-15-10-16-11(19(2)3)18-12(17-10)20-7-4-5-8(13)9(14)6-7/h4-6H,1-3H3,(H,15,16,17,18). The summed E-state index contributed by atoms with van der Waals surface area (Å²) >= 11 is 0. The second-order valence-electron chi connectivity index (χ2n) is 4.06. The van der Waals surface area contributed by atoms with E-state index in [1.54, 1.807) is 26.0 Å². The summed E-state index contributed by atoms with van der Waals surface area (Å²) in [5, 5.41) is 2.77. The van der Waals surface area contributed by atoms with Crippen LogP contribution in [0.4, 0.5) is 20.7 Å². The minimum absolute atomic E-state index is 0.0148. The quantitative estimate of drug-likeness (QED) is 0.925. The first-order valence-corrected chi connectivity index (χ1v) is 5.73. The lowest BCUT2D eigenvalue weighted by Crippen LogP contribution is -2.15. The summed E-state index contributed by atoms with van der Waals surface area (Å²) in [6.45, 7) is 0. The van der Waals surface area contributed by atoms with Gasteiger partial charge in [-0.25, -0.2) is 8.78 Å². The molecular formula is C12H13F2N5O. The Morgan fingerprint density at radius 2 is 1.85 bits per heavy atom. The van der Waals surface area contributed by atoms with Gasteiger partial charge in [-0.2, -0.15) is 15.0 Å². The van der Waals surface area contributed by atoms with Gasteiger partial charge in [0.15, 0.2) is 11.6 Å². The smallest absolute Gasteiger partial charge is 0.328 e. The number of nitrogens with one attached hydrogen (secondary N) is 1. The Balaban J connectivity index is 2.32. The lowest BCUT2D eigenvalue weighted by Gasteiger charge is -2.12. The molecule has 1 N–H and O–H groups in total. The predicted molar refractivity (Wildman–Crippen MR) is 70.1 cm³/mol. The Bertz CT molecular complexity index is 621. The zero-order valence-corrected chi connectivity index (χ0v) is 11.2. The number of hydrogen-bond donors (Lipinski definition) is 1. The average Bonchev–Trinajstić information content (AvgIpc) is 2.42. The molecule has 0 aliphatic carbocycles. The van der Waals surface area contributed by atoms with Gasteiger partial charge in [-0.3, -0.25) is 0 Å². The van der Waals surface area contributed by atoms with Crippen LogP contribution in [-0.4, -0.2) is 36.1 Å². The van der Waals surface area contributed by atoms with Crippen molar-refractivity contribution in [3.63, 3.8) is 0 Å². The van der Waals surface area contributed by atoms with Crippen LogP contribution in [0.15, 0.2) is 18.2 Å². The van der Waals surface area contributed by atoms with Gasteiger partial charge in [0.1, 0.15) is 5.75 Å². The third kappa shape index (κ3) is 3.08. The van der Waals surface area contributed by atoms with Crippen molar-refractivity contribution in [3.05, 3.63) is 29.8 Å². The highest BCUT2D eigenvalue weighted by Gasteiger charge is 2.10. The first-order valence-electron chi connectivity index (χ1n) is 5.73. The van der Waals surface area contributed by atoms with Crippen molar-refractivity contribution in [2.45, 2.75) is 0 Å². The molecule has 0 atom stereocenters.